The van der Waals surface area contributed by atoms with E-state index in [0.717, 1.165) is 23.3 Å². The zero-order valence-corrected chi connectivity index (χ0v) is 15.2. The first-order valence-electron chi connectivity index (χ1n) is 10.0. The first kappa shape index (κ1) is 16.6. The molecule has 0 aliphatic heterocycles. The minimum atomic E-state index is 0.151. The maximum Gasteiger partial charge on any atom is 0.240 e. The Kier molecular flexibility index (Phi) is 4.78. The molecule has 0 spiro atoms. The summed E-state index contributed by atoms with van der Waals surface area (Å²) < 4.78 is 2.15. The lowest BCUT2D eigenvalue weighted by Gasteiger charge is -2.21. The van der Waals surface area contributed by atoms with E-state index in [1.807, 2.05) is 18.2 Å². The van der Waals surface area contributed by atoms with Crippen LogP contribution in [0.3, 0.4) is 0 Å². The quantitative estimate of drug-likeness (QED) is 0.813. The molecule has 1 aromatic carbocycles. The average molecular weight is 339 g/mol. The molecule has 0 saturated heterocycles. The number of nitrogens with zero attached hydrogens (tertiary/aromatic N) is 2. The van der Waals surface area contributed by atoms with Crippen molar-refractivity contribution in [3.63, 3.8) is 0 Å². The Morgan fingerprint density at radius 3 is 2.88 bits per heavy atom. The molecule has 0 radical (unpaired) electrons. The number of benzene rings is 1. The van der Waals surface area contributed by atoms with E-state index in [0.29, 0.717) is 24.4 Å². The summed E-state index contributed by atoms with van der Waals surface area (Å²) in [7, 11) is 0. The van der Waals surface area contributed by atoms with Gasteiger partial charge in [0.1, 0.15) is 12.4 Å². The average Bonchev–Trinajstić information content (AvgIpc) is 3.27. The van der Waals surface area contributed by atoms with E-state index >= 15 is 0 Å². The van der Waals surface area contributed by atoms with E-state index in [2.05, 4.69) is 22.9 Å². The molecular formula is C21H29N3O. The summed E-state index contributed by atoms with van der Waals surface area (Å²) >= 11 is 0. The molecule has 2 unspecified atom stereocenters. The topological polar surface area (TPSA) is 46.9 Å². The van der Waals surface area contributed by atoms with Gasteiger partial charge in [0.05, 0.1) is 11.0 Å². The molecule has 4 nitrogen and oxygen atoms in total. The molecule has 1 heterocycles. The van der Waals surface area contributed by atoms with Crippen molar-refractivity contribution in [2.24, 2.45) is 5.92 Å². The summed E-state index contributed by atoms with van der Waals surface area (Å²) in [6.45, 7) is 2.65. The van der Waals surface area contributed by atoms with E-state index < -0.39 is 0 Å². The molecule has 1 N–H and O–H groups in total. The van der Waals surface area contributed by atoms with Crippen LogP contribution in [0.4, 0.5) is 0 Å². The summed E-state index contributed by atoms with van der Waals surface area (Å²) in [5.74, 6) is 2.47. The molecule has 25 heavy (non-hydrogen) atoms. The molecule has 2 aromatic rings. The van der Waals surface area contributed by atoms with Gasteiger partial charge in [-0.15, -0.1) is 0 Å². The minimum absolute atomic E-state index is 0.151. The van der Waals surface area contributed by atoms with Gasteiger partial charge in [-0.2, -0.15) is 0 Å². The number of hydrogen-bond donors (Lipinski definition) is 1. The summed E-state index contributed by atoms with van der Waals surface area (Å²) in [6.07, 6.45) is 9.83. The number of fused-ring (bicyclic) bond motifs is 1. The van der Waals surface area contributed by atoms with Gasteiger partial charge in [0.2, 0.25) is 5.91 Å². The Morgan fingerprint density at radius 1 is 1.24 bits per heavy atom. The van der Waals surface area contributed by atoms with Gasteiger partial charge in [0.15, 0.2) is 0 Å². The number of imidazole rings is 1. The fraction of sp³-hybridized carbons (Fsp3) is 0.619. The summed E-state index contributed by atoms with van der Waals surface area (Å²) in [5.41, 5.74) is 2.10. The van der Waals surface area contributed by atoms with Crippen molar-refractivity contribution in [2.75, 3.05) is 0 Å². The van der Waals surface area contributed by atoms with Crippen LogP contribution >= 0.6 is 0 Å². The van der Waals surface area contributed by atoms with Crippen molar-refractivity contribution >= 4 is 16.9 Å². The van der Waals surface area contributed by atoms with Crippen molar-refractivity contribution in [2.45, 2.75) is 76.8 Å². The van der Waals surface area contributed by atoms with Gasteiger partial charge in [-0.05, 0) is 50.2 Å². The number of amides is 1. The lowest BCUT2D eigenvalue weighted by atomic mass is 9.97. The molecule has 134 valence electrons. The monoisotopic (exact) mass is 339 g/mol. The minimum Gasteiger partial charge on any atom is -0.352 e. The predicted molar refractivity (Wildman–Crippen MR) is 101 cm³/mol. The van der Waals surface area contributed by atoms with E-state index in [9.17, 15) is 4.79 Å². The molecule has 0 bridgehead atoms. The molecule has 4 heteroatoms. The number of carbonyl (C=O) groups is 1. The maximum absolute atomic E-state index is 12.8. The van der Waals surface area contributed by atoms with Gasteiger partial charge in [-0.3, -0.25) is 4.79 Å². The second kappa shape index (κ2) is 7.19. The normalized spacial score (nSPS) is 23.2. The highest BCUT2D eigenvalue weighted by molar-refractivity contribution is 5.81. The molecule has 2 atom stereocenters. The van der Waals surface area contributed by atoms with Gasteiger partial charge < -0.3 is 9.88 Å². The SMILES string of the molecule is CCCCC1CCCC1NC(=O)Cn1c(C2CC2)nc2ccccc21. The van der Waals surface area contributed by atoms with Crippen molar-refractivity contribution in [1.82, 2.24) is 14.9 Å². The van der Waals surface area contributed by atoms with E-state index in [-0.39, 0.29) is 5.91 Å². The van der Waals surface area contributed by atoms with Crippen molar-refractivity contribution in [1.29, 1.82) is 0 Å². The lowest BCUT2D eigenvalue weighted by molar-refractivity contribution is -0.122. The Balaban J connectivity index is 1.47. The van der Waals surface area contributed by atoms with Crippen molar-refractivity contribution in [3.8, 4) is 0 Å². The number of aromatic nitrogens is 2. The standard InChI is InChI=1S/C21H29N3O/c1-2-3-7-15-8-6-10-17(15)22-20(25)14-24-19-11-5-4-9-18(19)23-21(24)16-12-13-16/h4-5,9,11,15-17H,2-3,6-8,10,12-14H2,1H3,(H,22,25). The van der Waals surface area contributed by atoms with Gasteiger partial charge in [-0.1, -0.05) is 38.3 Å². The highest BCUT2D eigenvalue weighted by atomic mass is 16.2. The Labute approximate surface area is 150 Å². The second-order valence-electron chi connectivity index (χ2n) is 7.83. The van der Waals surface area contributed by atoms with Crippen LogP contribution in [0.2, 0.25) is 0 Å². The Bertz CT molecular complexity index is 747. The van der Waals surface area contributed by atoms with Crippen LogP contribution in [0.1, 0.15) is 70.0 Å². The van der Waals surface area contributed by atoms with Crippen molar-refractivity contribution < 1.29 is 4.79 Å². The fourth-order valence-electron chi connectivity index (χ4n) is 4.35. The van der Waals surface area contributed by atoms with Crippen LogP contribution in [0, 0.1) is 5.92 Å². The number of para-hydroxylation sites is 2. The largest absolute Gasteiger partial charge is 0.352 e. The highest BCUT2D eigenvalue weighted by Crippen LogP contribution is 2.40. The molecular weight excluding hydrogens is 310 g/mol. The smallest absolute Gasteiger partial charge is 0.240 e. The van der Waals surface area contributed by atoms with Gasteiger partial charge in [0.25, 0.3) is 0 Å². The molecule has 2 aliphatic carbocycles. The third kappa shape index (κ3) is 3.58. The zero-order valence-electron chi connectivity index (χ0n) is 15.2. The van der Waals surface area contributed by atoms with Crippen LogP contribution in [0.5, 0.6) is 0 Å². The number of carbonyl (C=O) groups excluding carboxylic acids is 1. The first-order chi connectivity index (χ1) is 12.3. The molecule has 2 fully saturated rings. The number of rotatable bonds is 7. The fourth-order valence-corrected chi connectivity index (χ4v) is 4.35. The van der Waals surface area contributed by atoms with Crippen LogP contribution in [0.15, 0.2) is 24.3 Å². The van der Waals surface area contributed by atoms with Crippen LogP contribution < -0.4 is 5.32 Å². The van der Waals surface area contributed by atoms with Gasteiger partial charge in [0, 0.05) is 12.0 Å². The maximum atomic E-state index is 12.8. The number of hydrogen-bond acceptors (Lipinski definition) is 2. The van der Waals surface area contributed by atoms with Gasteiger partial charge >= 0.3 is 0 Å². The first-order valence-corrected chi connectivity index (χ1v) is 10.0. The van der Waals surface area contributed by atoms with E-state index in [1.165, 1.54) is 44.9 Å². The number of nitrogens with one attached hydrogen (secondary N) is 1. The highest BCUT2D eigenvalue weighted by Gasteiger charge is 2.31. The van der Waals surface area contributed by atoms with Crippen LogP contribution in [-0.2, 0) is 11.3 Å². The summed E-state index contributed by atoms with van der Waals surface area (Å²) in [6, 6.07) is 8.56. The van der Waals surface area contributed by atoms with Crippen molar-refractivity contribution in [3.05, 3.63) is 30.1 Å². The third-order valence-electron chi connectivity index (χ3n) is 5.86. The van der Waals surface area contributed by atoms with E-state index in [4.69, 9.17) is 4.98 Å². The van der Waals surface area contributed by atoms with Crippen LogP contribution in [0.25, 0.3) is 11.0 Å². The van der Waals surface area contributed by atoms with E-state index in [1.54, 1.807) is 0 Å². The summed E-state index contributed by atoms with van der Waals surface area (Å²) in [5, 5.41) is 3.34. The molecule has 2 saturated carbocycles. The molecule has 1 aromatic heterocycles. The molecule has 4 rings (SSSR count). The summed E-state index contributed by atoms with van der Waals surface area (Å²) in [4.78, 5) is 17.6. The number of unbranched alkanes of at least 4 members (excludes halogenated alkanes) is 1. The third-order valence-corrected chi connectivity index (χ3v) is 5.86. The van der Waals surface area contributed by atoms with Gasteiger partial charge in [-0.25, -0.2) is 4.98 Å². The molecule has 2 aliphatic rings. The van der Waals surface area contributed by atoms with Crippen LogP contribution in [-0.4, -0.2) is 21.5 Å². The lowest BCUT2D eigenvalue weighted by Crippen LogP contribution is -2.39. The Hall–Kier alpha value is -1.84. The second-order valence-corrected chi connectivity index (χ2v) is 7.83. The zero-order chi connectivity index (χ0) is 17.2. The molecule has 1 amide bonds. The Morgan fingerprint density at radius 2 is 2.08 bits per heavy atom. The predicted octanol–water partition coefficient (Wildman–Crippen LogP) is 4.39.